The number of thiazole rings is 1. The van der Waals surface area contributed by atoms with Crippen molar-refractivity contribution in [1.29, 1.82) is 0 Å². The van der Waals surface area contributed by atoms with Crippen LogP contribution >= 0.6 is 22.9 Å². The number of nitrogens with one attached hydrogen (secondary N) is 1. The van der Waals surface area contributed by atoms with Crippen molar-refractivity contribution in [3.8, 4) is 0 Å². The molecule has 1 aromatic carbocycles. The molecule has 1 fully saturated rings. The van der Waals surface area contributed by atoms with Crippen molar-refractivity contribution in [3.05, 3.63) is 44.9 Å². The fraction of sp³-hybridized carbons (Fsp3) is 0.524. The summed E-state index contributed by atoms with van der Waals surface area (Å²) in [6.07, 6.45) is 0.727. The first-order valence-corrected chi connectivity index (χ1v) is 12.9. The topological polar surface area (TPSA) is 97.8 Å². The number of halogens is 1. The third-order valence-electron chi connectivity index (χ3n) is 5.57. The molecule has 8 nitrogen and oxygen atoms in total. The molecule has 0 radical (unpaired) electrons. The number of amides is 1. The molecular formula is C21H28ClN3O5S2. The Labute approximate surface area is 197 Å². The molecule has 2 heterocycles. The number of hydrogen-bond donors (Lipinski definition) is 1. The molecule has 0 aliphatic carbocycles. The summed E-state index contributed by atoms with van der Waals surface area (Å²) < 4.78 is 37.8. The van der Waals surface area contributed by atoms with E-state index in [2.05, 4.69) is 10.3 Å². The Kier molecular flexibility index (Phi) is 8.29. The number of carbonyl (C=O) groups excluding carboxylic acids is 1. The van der Waals surface area contributed by atoms with E-state index >= 15 is 0 Å². The lowest BCUT2D eigenvalue weighted by molar-refractivity contribution is -0.117. The molecule has 1 atom stereocenters. The van der Waals surface area contributed by atoms with Crippen molar-refractivity contribution >= 4 is 38.9 Å². The van der Waals surface area contributed by atoms with Crippen LogP contribution in [0.5, 0.6) is 0 Å². The van der Waals surface area contributed by atoms with E-state index in [-0.39, 0.29) is 22.8 Å². The fourth-order valence-corrected chi connectivity index (χ4v) is 6.37. The SMILES string of the molecule is COC(OC)C(C)NC(=O)c1csc(C2CCN(S(=O)(=O)c3ccc(C)c(Cl)c3)CC2)n1. The highest BCUT2D eigenvalue weighted by molar-refractivity contribution is 7.89. The predicted molar refractivity (Wildman–Crippen MR) is 124 cm³/mol. The van der Waals surface area contributed by atoms with Gasteiger partial charge in [-0.15, -0.1) is 11.3 Å². The van der Waals surface area contributed by atoms with Crippen molar-refractivity contribution < 1.29 is 22.7 Å². The number of carbonyl (C=O) groups is 1. The number of methoxy groups -OCH3 is 2. The van der Waals surface area contributed by atoms with Crippen LogP contribution in [0.15, 0.2) is 28.5 Å². The second kappa shape index (κ2) is 10.6. The number of aryl methyl sites for hydroxylation is 1. The maximum absolute atomic E-state index is 13.0. The summed E-state index contributed by atoms with van der Waals surface area (Å²) in [5.41, 5.74) is 1.18. The Morgan fingerprint density at radius 1 is 1.28 bits per heavy atom. The third kappa shape index (κ3) is 5.49. The van der Waals surface area contributed by atoms with Crippen molar-refractivity contribution in [2.75, 3.05) is 27.3 Å². The Balaban J connectivity index is 1.61. The lowest BCUT2D eigenvalue weighted by Gasteiger charge is -2.30. The Bertz CT molecular complexity index is 1050. The van der Waals surface area contributed by atoms with Crippen LogP contribution in [0.1, 0.15) is 46.7 Å². The molecule has 0 saturated carbocycles. The minimum atomic E-state index is -3.60. The highest BCUT2D eigenvalue weighted by Gasteiger charge is 2.31. The molecule has 1 aromatic heterocycles. The third-order valence-corrected chi connectivity index (χ3v) is 8.88. The summed E-state index contributed by atoms with van der Waals surface area (Å²) in [7, 11) is -0.575. The van der Waals surface area contributed by atoms with E-state index in [0.717, 1.165) is 10.6 Å². The summed E-state index contributed by atoms with van der Waals surface area (Å²) >= 11 is 7.54. The van der Waals surface area contributed by atoms with Gasteiger partial charge in [-0.3, -0.25) is 4.79 Å². The lowest BCUT2D eigenvalue weighted by Crippen LogP contribution is -2.43. The molecule has 1 aliphatic heterocycles. The number of benzene rings is 1. The molecule has 1 unspecified atom stereocenters. The normalized spacial score (nSPS) is 16.9. The maximum Gasteiger partial charge on any atom is 0.271 e. The van der Waals surface area contributed by atoms with Crippen LogP contribution in [0, 0.1) is 6.92 Å². The van der Waals surface area contributed by atoms with E-state index in [1.165, 1.54) is 35.9 Å². The minimum absolute atomic E-state index is 0.109. The number of aromatic nitrogens is 1. The van der Waals surface area contributed by atoms with Crippen LogP contribution < -0.4 is 5.32 Å². The monoisotopic (exact) mass is 501 g/mol. The Hall–Kier alpha value is -1.56. The summed E-state index contributed by atoms with van der Waals surface area (Å²) in [5.74, 6) is -0.187. The average Bonchev–Trinajstić information content (AvgIpc) is 3.27. The zero-order chi connectivity index (χ0) is 23.5. The van der Waals surface area contributed by atoms with Gasteiger partial charge in [0, 0.05) is 43.6 Å². The zero-order valence-electron chi connectivity index (χ0n) is 18.5. The van der Waals surface area contributed by atoms with Gasteiger partial charge in [-0.2, -0.15) is 4.31 Å². The summed E-state index contributed by atoms with van der Waals surface area (Å²) in [5, 5.41) is 5.83. The standard InChI is InChI=1S/C21H28ClN3O5S2/c1-13-5-6-16(11-17(13)22)32(27,28)25-9-7-15(8-10-25)20-24-18(12-31-20)19(26)23-14(2)21(29-3)30-4/h5-6,11-12,14-15,21H,7-10H2,1-4H3,(H,23,26). The van der Waals surface area contributed by atoms with Crippen LogP contribution in [0.25, 0.3) is 0 Å². The minimum Gasteiger partial charge on any atom is -0.354 e. The first-order valence-electron chi connectivity index (χ1n) is 10.3. The van der Waals surface area contributed by atoms with Gasteiger partial charge in [-0.25, -0.2) is 13.4 Å². The van der Waals surface area contributed by atoms with E-state index in [9.17, 15) is 13.2 Å². The van der Waals surface area contributed by atoms with Gasteiger partial charge in [0.15, 0.2) is 6.29 Å². The van der Waals surface area contributed by atoms with Crippen molar-refractivity contribution in [2.45, 2.75) is 49.8 Å². The van der Waals surface area contributed by atoms with Gasteiger partial charge < -0.3 is 14.8 Å². The largest absolute Gasteiger partial charge is 0.354 e. The number of piperidine rings is 1. The van der Waals surface area contributed by atoms with E-state index in [4.69, 9.17) is 21.1 Å². The second-order valence-corrected chi connectivity index (χ2v) is 11.0. The van der Waals surface area contributed by atoms with Crippen LogP contribution in [0.4, 0.5) is 0 Å². The zero-order valence-corrected chi connectivity index (χ0v) is 20.9. The molecule has 0 spiro atoms. The smallest absolute Gasteiger partial charge is 0.271 e. The van der Waals surface area contributed by atoms with Gasteiger partial charge in [0.2, 0.25) is 10.0 Å². The maximum atomic E-state index is 13.0. The molecule has 1 saturated heterocycles. The van der Waals surface area contributed by atoms with E-state index in [0.29, 0.717) is 36.6 Å². The molecular weight excluding hydrogens is 474 g/mol. The second-order valence-electron chi connectivity index (χ2n) is 7.76. The Morgan fingerprint density at radius 3 is 2.53 bits per heavy atom. The molecule has 3 rings (SSSR count). The van der Waals surface area contributed by atoms with Gasteiger partial charge in [0.25, 0.3) is 5.91 Å². The summed E-state index contributed by atoms with van der Waals surface area (Å²) in [4.78, 5) is 17.2. The average molecular weight is 502 g/mol. The predicted octanol–water partition coefficient (Wildman–Crippen LogP) is 3.41. The number of nitrogens with zero attached hydrogens (tertiary/aromatic N) is 2. The molecule has 1 amide bonds. The van der Waals surface area contributed by atoms with Crippen molar-refractivity contribution in [3.63, 3.8) is 0 Å². The number of sulfonamides is 1. The number of ether oxygens (including phenoxy) is 2. The Morgan fingerprint density at radius 2 is 1.94 bits per heavy atom. The molecule has 0 bridgehead atoms. The molecule has 176 valence electrons. The number of hydrogen-bond acceptors (Lipinski definition) is 7. The van der Waals surface area contributed by atoms with Crippen LogP contribution in [-0.2, 0) is 19.5 Å². The van der Waals surface area contributed by atoms with Crippen molar-refractivity contribution in [2.24, 2.45) is 0 Å². The quantitative estimate of drug-likeness (QED) is 0.557. The van der Waals surface area contributed by atoms with Crippen LogP contribution in [0.2, 0.25) is 5.02 Å². The van der Waals surface area contributed by atoms with Gasteiger partial charge >= 0.3 is 0 Å². The number of rotatable bonds is 8. The molecule has 1 N–H and O–H groups in total. The summed E-state index contributed by atoms with van der Waals surface area (Å²) in [6.45, 7) is 4.40. The van der Waals surface area contributed by atoms with E-state index < -0.39 is 16.3 Å². The van der Waals surface area contributed by atoms with Gasteiger partial charge in [0.1, 0.15) is 5.69 Å². The van der Waals surface area contributed by atoms with E-state index in [1.807, 2.05) is 6.92 Å². The first kappa shape index (κ1) is 25.1. The molecule has 2 aromatic rings. The highest BCUT2D eigenvalue weighted by atomic mass is 35.5. The van der Waals surface area contributed by atoms with E-state index in [1.54, 1.807) is 24.4 Å². The fourth-order valence-electron chi connectivity index (χ4n) is 3.66. The van der Waals surface area contributed by atoms with Gasteiger partial charge in [0.05, 0.1) is 15.9 Å². The van der Waals surface area contributed by atoms with Gasteiger partial charge in [-0.05, 0) is 44.4 Å². The van der Waals surface area contributed by atoms with Gasteiger partial charge in [-0.1, -0.05) is 17.7 Å². The molecule has 32 heavy (non-hydrogen) atoms. The lowest BCUT2D eigenvalue weighted by atomic mass is 9.99. The van der Waals surface area contributed by atoms with Crippen molar-refractivity contribution in [1.82, 2.24) is 14.6 Å². The van der Waals surface area contributed by atoms with Crippen LogP contribution in [0.3, 0.4) is 0 Å². The highest BCUT2D eigenvalue weighted by Crippen LogP contribution is 2.33. The first-order chi connectivity index (χ1) is 15.2. The molecule has 11 heteroatoms. The van der Waals surface area contributed by atoms with Crippen LogP contribution in [-0.4, -0.2) is 63.3 Å². The molecule has 1 aliphatic rings. The summed E-state index contributed by atoms with van der Waals surface area (Å²) in [6, 6.07) is 4.47.